The first kappa shape index (κ1) is 27.4. The second-order valence-corrected chi connectivity index (χ2v) is 12.5. The Kier molecular flexibility index (Phi) is 6.19. The Bertz CT molecular complexity index is 2460. The average Bonchev–Trinajstić information content (AvgIpc) is 3.64. The normalized spacial score (nSPS) is 15.2. The molecule has 2 aromatic heterocycles. The summed E-state index contributed by atoms with van der Waals surface area (Å²) in [5, 5.41) is 2.23. The molecule has 0 N–H and O–H groups in total. The van der Waals surface area contributed by atoms with E-state index in [4.69, 9.17) is 19.4 Å². The van der Waals surface area contributed by atoms with Gasteiger partial charge in [-0.2, -0.15) is 0 Å². The largest absolute Gasteiger partial charge is 0.456 e. The van der Waals surface area contributed by atoms with Crippen LogP contribution in [-0.4, -0.2) is 15.0 Å². The maximum Gasteiger partial charge on any atom is 0.164 e. The highest BCUT2D eigenvalue weighted by Gasteiger charge is 2.40. The van der Waals surface area contributed by atoms with Crippen LogP contribution in [0.5, 0.6) is 0 Å². The number of fused-ring (bicyclic) bond motifs is 7. The summed E-state index contributed by atoms with van der Waals surface area (Å²) in [7, 11) is 0. The number of nitrogens with zero attached hydrogens (tertiary/aromatic N) is 3. The zero-order valence-corrected chi connectivity index (χ0v) is 26.2. The van der Waals surface area contributed by atoms with Gasteiger partial charge in [0.25, 0.3) is 0 Å². The van der Waals surface area contributed by atoms with E-state index in [1.807, 2.05) is 42.5 Å². The second-order valence-electron chi connectivity index (χ2n) is 12.5. The summed E-state index contributed by atoms with van der Waals surface area (Å²) in [6.45, 7) is 4.62. The summed E-state index contributed by atoms with van der Waals surface area (Å²) in [5.74, 6) is 1.87. The fourth-order valence-electron chi connectivity index (χ4n) is 7.34. The number of hydrogen-bond donors (Lipinski definition) is 0. The molecule has 0 saturated heterocycles. The molecule has 1 atom stereocenters. The number of rotatable bonds is 5. The van der Waals surface area contributed by atoms with Crippen LogP contribution >= 0.6 is 0 Å². The lowest BCUT2D eigenvalue weighted by atomic mass is 9.77. The minimum absolute atomic E-state index is 0.123. The number of aromatic nitrogens is 3. The van der Waals surface area contributed by atoms with E-state index >= 15 is 0 Å². The van der Waals surface area contributed by atoms with Crippen LogP contribution < -0.4 is 0 Å². The van der Waals surface area contributed by atoms with Crippen molar-refractivity contribution in [2.75, 3.05) is 0 Å². The second kappa shape index (κ2) is 10.6. The zero-order chi connectivity index (χ0) is 31.5. The van der Waals surface area contributed by atoms with E-state index in [-0.39, 0.29) is 5.41 Å². The first-order valence-electron chi connectivity index (χ1n) is 16.2. The SMILES string of the molecule is CCC1(C)c2ccccc2-c2ccc3c(oc4cc(-c5nc(-c6ccccc6)nc(-c6ccccc6-c6ccccc6)n5)ccc43)c21. The van der Waals surface area contributed by atoms with Gasteiger partial charge in [-0.3, -0.25) is 0 Å². The molecule has 4 heteroatoms. The van der Waals surface area contributed by atoms with E-state index in [9.17, 15) is 0 Å². The van der Waals surface area contributed by atoms with Crippen molar-refractivity contribution >= 4 is 21.9 Å². The summed E-state index contributed by atoms with van der Waals surface area (Å²) in [6.07, 6.45) is 0.985. The van der Waals surface area contributed by atoms with E-state index in [2.05, 4.69) is 111 Å². The number of hydrogen-bond acceptors (Lipinski definition) is 4. The third kappa shape index (κ3) is 4.25. The number of benzene rings is 6. The van der Waals surface area contributed by atoms with Crippen molar-refractivity contribution in [2.45, 2.75) is 25.7 Å². The average molecular weight is 606 g/mol. The minimum Gasteiger partial charge on any atom is -0.456 e. The molecular weight excluding hydrogens is 574 g/mol. The number of furan rings is 1. The summed E-state index contributed by atoms with van der Waals surface area (Å²) in [4.78, 5) is 15.1. The maximum absolute atomic E-state index is 6.82. The highest BCUT2D eigenvalue weighted by Crippen LogP contribution is 2.54. The Morgan fingerprint density at radius 3 is 1.85 bits per heavy atom. The van der Waals surface area contributed by atoms with Crippen LogP contribution in [0.15, 0.2) is 144 Å². The molecule has 0 saturated carbocycles. The molecule has 9 rings (SSSR count). The standard InChI is InChI=1S/C43H31N3O/c1-3-43(2)36-21-13-12-19-31(36)33-24-25-34-32-23-22-29(26-37(32)47-39(34)38(33)43)41-44-40(28-16-8-5-9-17-28)45-42(46-41)35-20-11-10-18-30(35)27-14-6-4-7-15-27/h4-26H,3H2,1-2H3. The van der Waals surface area contributed by atoms with E-state index < -0.39 is 0 Å². The van der Waals surface area contributed by atoms with Crippen LogP contribution in [0.1, 0.15) is 31.4 Å². The van der Waals surface area contributed by atoms with Gasteiger partial charge in [0.1, 0.15) is 11.2 Å². The van der Waals surface area contributed by atoms with Crippen molar-refractivity contribution in [1.82, 2.24) is 15.0 Å². The molecule has 1 unspecified atom stereocenters. The molecule has 0 radical (unpaired) electrons. The molecule has 1 aliphatic carbocycles. The van der Waals surface area contributed by atoms with Crippen molar-refractivity contribution in [3.05, 3.63) is 151 Å². The molecule has 2 heterocycles. The third-order valence-electron chi connectivity index (χ3n) is 9.89. The Labute approximate surface area is 273 Å². The van der Waals surface area contributed by atoms with Crippen LogP contribution in [0.3, 0.4) is 0 Å². The van der Waals surface area contributed by atoms with Crippen molar-refractivity contribution in [3.63, 3.8) is 0 Å². The Morgan fingerprint density at radius 2 is 1.11 bits per heavy atom. The van der Waals surface area contributed by atoms with Crippen molar-refractivity contribution in [3.8, 4) is 56.4 Å². The zero-order valence-electron chi connectivity index (χ0n) is 26.2. The molecule has 0 amide bonds. The Hall–Kier alpha value is -5.87. The van der Waals surface area contributed by atoms with E-state index in [1.165, 1.54) is 22.3 Å². The molecule has 0 bridgehead atoms. The molecular formula is C43H31N3O. The lowest BCUT2D eigenvalue weighted by Crippen LogP contribution is -2.19. The summed E-state index contributed by atoms with van der Waals surface area (Å²) < 4.78 is 6.82. The summed E-state index contributed by atoms with van der Waals surface area (Å²) in [5.41, 5.74) is 11.9. The van der Waals surface area contributed by atoms with E-state index in [0.29, 0.717) is 17.5 Å². The van der Waals surface area contributed by atoms with Gasteiger partial charge in [-0.1, -0.05) is 135 Å². The molecule has 224 valence electrons. The molecule has 47 heavy (non-hydrogen) atoms. The fourth-order valence-corrected chi connectivity index (χ4v) is 7.34. The van der Waals surface area contributed by atoms with Crippen molar-refractivity contribution in [1.29, 1.82) is 0 Å². The van der Waals surface area contributed by atoms with Gasteiger partial charge in [-0.25, -0.2) is 15.0 Å². The Morgan fingerprint density at radius 1 is 0.511 bits per heavy atom. The van der Waals surface area contributed by atoms with Gasteiger partial charge in [-0.05, 0) is 52.4 Å². The molecule has 0 spiro atoms. The topological polar surface area (TPSA) is 51.8 Å². The van der Waals surface area contributed by atoms with Gasteiger partial charge < -0.3 is 4.42 Å². The first-order valence-corrected chi connectivity index (χ1v) is 16.2. The van der Waals surface area contributed by atoms with Gasteiger partial charge in [0.15, 0.2) is 17.5 Å². The highest BCUT2D eigenvalue weighted by atomic mass is 16.3. The van der Waals surface area contributed by atoms with Crippen molar-refractivity contribution in [2.24, 2.45) is 0 Å². The summed E-state index contributed by atoms with van der Waals surface area (Å²) >= 11 is 0. The quantitative estimate of drug-likeness (QED) is 0.196. The van der Waals surface area contributed by atoms with E-state index in [0.717, 1.165) is 56.2 Å². The minimum atomic E-state index is -0.123. The third-order valence-corrected chi connectivity index (χ3v) is 9.89. The monoisotopic (exact) mass is 605 g/mol. The molecule has 8 aromatic rings. The van der Waals surface area contributed by atoms with Crippen molar-refractivity contribution < 1.29 is 4.42 Å². The predicted molar refractivity (Wildman–Crippen MR) is 191 cm³/mol. The van der Waals surface area contributed by atoms with Crippen LogP contribution in [0.4, 0.5) is 0 Å². The van der Waals surface area contributed by atoms with Crippen LogP contribution in [0.2, 0.25) is 0 Å². The van der Waals surface area contributed by atoms with Gasteiger partial charge in [-0.15, -0.1) is 0 Å². The molecule has 1 aliphatic rings. The van der Waals surface area contributed by atoms with Gasteiger partial charge >= 0.3 is 0 Å². The predicted octanol–water partition coefficient (Wildman–Crippen LogP) is 11.1. The lowest BCUT2D eigenvalue weighted by molar-refractivity contribution is 0.553. The van der Waals surface area contributed by atoms with Crippen LogP contribution in [-0.2, 0) is 5.41 Å². The van der Waals surface area contributed by atoms with Crippen LogP contribution in [0, 0.1) is 0 Å². The molecule has 4 nitrogen and oxygen atoms in total. The first-order chi connectivity index (χ1) is 23.1. The van der Waals surface area contributed by atoms with E-state index in [1.54, 1.807) is 0 Å². The van der Waals surface area contributed by atoms with Gasteiger partial charge in [0.2, 0.25) is 0 Å². The summed E-state index contributed by atoms with van der Waals surface area (Å²) in [6, 6.07) is 48.4. The molecule has 0 fully saturated rings. The Balaban J connectivity index is 1.24. The molecule has 0 aliphatic heterocycles. The van der Waals surface area contributed by atoms with Gasteiger partial charge in [0.05, 0.1) is 0 Å². The van der Waals surface area contributed by atoms with Gasteiger partial charge in [0, 0.05) is 38.4 Å². The molecule has 6 aromatic carbocycles. The lowest BCUT2D eigenvalue weighted by Gasteiger charge is -2.25. The fraction of sp³-hybridized carbons (Fsp3) is 0.0930. The van der Waals surface area contributed by atoms with Crippen LogP contribution in [0.25, 0.3) is 78.4 Å². The highest BCUT2D eigenvalue weighted by molar-refractivity contribution is 6.09. The maximum atomic E-state index is 6.82. The smallest absolute Gasteiger partial charge is 0.164 e.